The predicted octanol–water partition coefficient (Wildman–Crippen LogP) is 4.03. The summed E-state index contributed by atoms with van der Waals surface area (Å²) >= 11 is 7.16. The molecule has 0 aliphatic heterocycles. The molecule has 0 amide bonds. The first-order valence-corrected chi connectivity index (χ1v) is 7.45. The molecule has 0 radical (unpaired) electrons. The minimum atomic E-state index is -0.358. The summed E-state index contributed by atoms with van der Waals surface area (Å²) in [6.45, 7) is 2.73. The highest BCUT2D eigenvalue weighted by Gasteiger charge is 2.10. The molecule has 0 saturated heterocycles. The summed E-state index contributed by atoms with van der Waals surface area (Å²) in [5, 5.41) is 14.9. The Morgan fingerprint density at radius 2 is 2.20 bits per heavy atom. The number of thiophene rings is 1. The van der Waals surface area contributed by atoms with Crippen molar-refractivity contribution in [2.75, 3.05) is 0 Å². The van der Waals surface area contributed by atoms with Gasteiger partial charge in [0.05, 0.1) is 4.92 Å². The third kappa shape index (κ3) is 4.30. The van der Waals surface area contributed by atoms with Gasteiger partial charge in [-0.2, -0.15) is 0 Å². The molecule has 20 heavy (non-hydrogen) atoms. The van der Waals surface area contributed by atoms with Gasteiger partial charge in [-0.15, -0.1) is 0 Å². The average Bonchev–Trinajstić information content (AvgIpc) is 2.85. The highest BCUT2D eigenvalue weighted by atomic mass is 35.5. The Kier molecular flexibility index (Phi) is 5.11. The second kappa shape index (κ2) is 6.83. The molecule has 0 aliphatic rings. The van der Waals surface area contributed by atoms with E-state index in [2.05, 4.69) is 12.2 Å². The molecule has 1 N–H and O–H groups in total. The number of halogens is 1. The van der Waals surface area contributed by atoms with E-state index in [4.69, 9.17) is 11.6 Å². The van der Waals surface area contributed by atoms with Crippen LogP contribution in [-0.4, -0.2) is 11.0 Å². The Hall–Kier alpha value is -1.43. The van der Waals surface area contributed by atoms with Crippen LogP contribution in [0.3, 0.4) is 0 Å². The van der Waals surface area contributed by atoms with Gasteiger partial charge in [-0.25, -0.2) is 0 Å². The number of nitro groups is 1. The number of nitrogens with zero attached hydrogens (tertiary/aromatic N) is 1. The minimum absolute atomic E-state index is 0.185. The monoisotopic (exact) mass is 310 g/mol. The van der Waals surface area contributed by atoms with E-state index < -0.39 is 0 Å². The molecule has 0 fully saturated rings. The Morgan fingerprint density at radius 1 is 1.40 bits per heavy atom. The lowest BCUT2D eigenvalue weighted by Crippen LogP contribution is -2.27. The molecule has 0 saturated carbocycles. The zero-order valence-corrected chi connectivity index (χ0v) is 12.6. The molecule has 6 heteroatoms. The van der Waals surface area contributed by atoms with E-state index in [1.165, 1.54) is 16.9 Å². The van der Waals surface area contributed by atoms with E-state index in [0.717, 1.165) is 16.3 Å². The number of nitrogens with one attached hydrogen (secondary N) is 1. The summed E-state index contributed by atoms with van der Waals surface area (Å²) in [7, 11) is 0. The highest BCUT2D eigenvalue weighted by Crippen LogP contribution is 2.23. The van der Waals surface area contributed by atoms with Crippen LogP contribution >= 0.6 is 22.9 Å². The fourth-order valence-electron chi connectivity index (χ4n) is 1.92. The summed E-state index contributed by atoms with van der Waals surface area (Å²) in [6, 6.07) is 11.4. The number of hydrogen-bond donors (Lipinski definition) is 1. The zero-order valence-electron chi connectivity index (χ0n) is 11.0. The molecular formula is C14H15ClN2O2S. The van der Waals surface area contributed by atoms with Gasteiger partial charge in [-0.05, 0) is 37.1 Å². The minimum Gasteiger partial charge on any atom is -0.309 e. The average molecular weight is 311 g/mol. The van der Waals surface area contributed by atoms with Gasteiger partial charge in [0.1, 0.15) is 0 Å². The van der Waals surface area contributed by atoms with Crippen LogP contribution in [-0.2, 0) is 13.0 Å². The van der Waals surface area contributed by atoms with Gasteiger partial charge >= 0.3 is 5.00 Å². The summed E-state index contributed by atoms with van der Waals surface area (Å²) < 4.78 is 0. The molecule has 1 heterocycles. The largest absolute Gasteiger partial charge is 0.324 e. The number of hydrogen-bond acceptors (Lipinski definition) is 4. The van der Waals surface area contributed by atoms with Gasteiger partial charge < -0.3 is 5.32 Å². The molecule has 1 aromatic carbocycles. The van der Waals surface area contributed by atoms with Crippen molar-refractivity contribution in [2.24, 2.45) is 0 Å². The van der Waals surface area contributed by atoms with Crippen LogP contribution < -0.4 is 5.32 Å². The highest BCUT2D eigenvalue weighted by molar-refractivity contribution is 7.15. The van der Waals surface area contributed by atoms with E-state index >= 15 is 0 Å². The first-order valence-electron chi connectivity index (χ1n) is 6.25. The van der Waals surface area contributed by atoms with Crippen molar-refractivity contribution in [1.82, 2.24) is 5.32 Å². The third-order valence-electron chi connectivity index (χ3n) is 2.88. The fourth-order valence-corrected chi connectivity index (χ4v) is 2.91. The molecule has 0 spiro atoms. The first-order chi connectivity index (χ1) is 9.54. The SMILES string of the molecule is CC(Cc1cccc(Cl)c1)NCc1ccc([N+](=O)[O-])s1. The Balaban J connectivity index is 1.85. The topological polar surface area (TPSA) is 55.2 Å². The van der Waals surface area contributed by atoms with Crippen molar-refractivity contribution in [1.29, 1.82) is 0 Å². The zero-order chi connectivity index (χ0) is 14.5. The van der Waals surface area contributed by atoms with Crippen molar-refractivity contribution in [2.45, 2.75) is 25.9 Å². The van der Waals surface area contributed by atoms with Gasteiger partial charge in [0.15, 0.2) is 0 Å². The lowest BCUT2D eigenvalue weighted by molar-refractivity contribution is -0.380. The quantitative estimate of drug-likeness (QED) is 0.647. The van der Waals surface area contributed by atoms with Crippen LogP contribution in [0.2, 0.25) is 5.02 Å². The van der Waals surface area contributed by atoms with Gasteiger partial charge in [-0.3, -0.25) is 10.1 Å². The van der Waals surface area contributed by atoms with E-state index in [1.54, 1.807) is 12.1 Å². The van der Waals surface area contributed by atoms with Crippen molar-refractivity contribution in [3.05, 3.63) is 62.0 Å². The standard InChI is InChI=1S/C14H15ClN2O2S/c1-10(7-11-3-2-4-12(15)8-11)16-9-13-5-6-14(20-13)17(18)19/h2-6,8,10,16H,7,9H2,1H3. The Morgan fingerprint density at radius 3 is 2.85 bits per heavy atom. The normalized spacial score (nSPS) is 12.3. The summed E-state index contributed by atoms with van der Waals surface area (Å²) in [5.41, 5.74) is 1.18. The third-order valence-corrected chi connectivity index (χ3v) is 4.16. The van der Waals surface area contributed by atoms with Gasteiger partial charge in [0.2, 0.25) is 0 Å². The van der Waals surface area contributed by atoms with Crippen LogP contribution in [0.5, 0.6) is 0 Å². The van der Waals surface area contributed by atoms with Crippen molar-refractivity contribution in [3.8, 4) is 0 Å². The predicted molar refractivity (Wildman–Crippen MR) is 82.4 cm³/mol. The molecule has 1 atom stereocenters. The second-order valence-electron chi connectivity index (χ2n) is 4.61. The Bertz CT molecular complexity index is 600. The molecule has 1 unspecified atom stereocenters. The van der Waals surface area contributed by atoms with Crippen LogP contribution in [0.4, 0.5) is 5.00 Å². The van der Waals surface area contributed by atoms with E-state index in [-0.39, 0.29) is 16.0 Å². The van der Waals surface area contributed by atoms with Crippen molar-refractivity contribution < 1.29 is 4.92 Å². The molecule has 2 aromatic rings. The van der Waals surface area contributed by atoms with Crippen LogP contribution in [0.25, 0.3) is 0 Å². The van der Waals surface area contributed by atoms with E-state index in [0.29, 0.717) is 6.54 Å². The first kappa shape index (κ1) is 15.0. The maximum absolute atomic E-state index is 10.6. The molecule has 4 nitrogen and oxygen atoms in total. The lowest BCUT2D eigenvalue weighted by Gasteiger charge is -2.13. The van der Waals surface area contributed by atoms with Gasteiger partial charge in [0, 0.05) is 28.6 Å². The molecule has 2 rings (SSSR count). The van der Waals surface area contributed by atoms with Crippen LogP contribution in [0, 0.1) is 10.1 Å². The Labute approximate surface area is 126 Å². The molecule has 0 aliphatic carbocycles. The van der Waals surface area contributed by atoms with Gasteiger partial charge in [0.25, 0.3) is 0 Å². The van der Waals surface area contributed by atoms with E-state index in [9.17, 15) is 10.1 Å². The summed E-state index contributed by atoms with van der Waals surface area (Å²) in [6.07, 6.45) is 0.869. The van der Waals surface area contributed by atoms with Crippen LogP contribution in [0.1, 0.15) is 17.4 Å². The van der Waals surface area contributed by atoms with Crippen LogP contribution in [0.15, 0.2) is 36.4 Å². The van der Waals surface area contributed by atoms with E-state index in [1.807, 2.05) is 24.3 Å². The van der Waals surface area contributed by atoms with Crippen molar-refractivity contribution >= 4 is 27.9 Å². The fraction of sp³-hybridized carbons (Fsp3) is 0.286. The van der Waals surface area contributed by atoms with Gasteiger partial charge in [-0.1, -0.05) is 35.1 Å². The smallest absolute Gasteiger partial charge is 0.309 e. The summed E-state index contributed by atoms with van der Waals surface area (Å²) in [5.74, 6) is 0. The number of benzene rings is 1. The molecule has 1 aromatic heterocycles. The lowest BCUT2D eigenvalue weighted by atomic mass is 10.1. The second-order valence-corrected chi connectivity index (χ2v) is 6.20. The van der Waals surface area contributed by atoms with Crippen molar-refractivity contribution in [3.63, 3.8) is 0 Å². The summed E-state index contributed by atoms with van der Waals surface area (Å²) in [4.78, 5) is 11.2. The molecule has 0 bridgehead atoms. The molecular weight excluding hydrogens is 296 g/mol. The maximum atomic E-state index is 10.6. The number of rotatable bonds is 6. The maximum Gasteiger partial charge on any atom is 0.324 e. The molecule has 106 valence electrons.